The number of aromatic nitrogens is 2. The van der Waals surface area contributed by atoms with Crippen molar-refractivity contribution >= 4 is 29.9 Å². The van der Waals surface area contributed by atoms with Crippen molar-refractivity contribution in [2.75, 3.05) is 13.2 Å². The summed E-state index contributed by atoms with van der Waals surface area (Å²) in [4.78, 5) is 4.67. The van der Waals surface area contributed by atoms with Crippen molar-refractivity contribution in [3.63, 3.8) is 0 Å². The number of hydrogen-bond acceptors (Lipinski definition) is 4. The van der Waals surface area contributed by atoms with E-state index in [9.17, 15) is 5.11 Å². The molecule has 0 aliphatic carbocycles. The number of nitrogens with one attached hydrogen (secondary N) is 2. The van der Waals surface area contributed by atoms with Crippen LogP contribution in [-0.2, 0) is 19.6 Å². The topological polar surface area (TPSA) is 83.7 Å². The number of benzene rings is 2. The average molecular weight is 535 g/mol. The number of hydrogen-bond donors (Lipinski definition) is 3. The third-order valence-electron chi connectivity index (χ3n) is 4.54. The second-order valence-corrected chi connectivity index (χ2v) is 6.76. The summed E-state index contributed by atoms with van der Waals surface area (Å²) in [5, 5.41) is 20.9. The summed E-state index contributed by atoms with van der Waals surface area (Å²) in [6.45, 7) is 7.06. The molecule has 1 heterocycles. The monoisotopic (exact) mass is 535 g/mol. The van der Waals surface area contributed by atoms with Gasteiger partial charge in [0.05, 0.1) is 19.7 Å². The first kappa shape index (κ1) is 24.5. The number of halogens is 1. The van der Waals surface area contributed by atoms with Crippen molar-refractivity contribution in [2.45, 2.75) is 33.5 Å². The minimum atomic E-state index is 0. The lowest BCUT2D eigenvalue weighted by molar-refractivity contribution is 0.318. The molecule has 1 aromatic heterocycles. The minimum absolute atomic E-state index is 0. The van der Waals surface area contributed by atoms with Gasteiger partial charge in [0.1, 0.15) is 0 Å². The van der Waals surface area contributed by atoms with Gasteiger partial charge < -0.3 is 20.5 Å². The molecule has 3 N–H and O–H groups in total. The first-order valence-corrected chi connectivity index (χ1v) is 10.2. The van der Waals surface area contributed by atoms with Gasteiger partial charge in [-0.1, -0.05) is 30.3 Å². The highest BCUT2D eigenvalue weighted by atomic mass is 127. The van der Waals surface area contributed by atoms with Crippen molar-refractivity contribution in [1.29, 1.82) is 0 Å². The molecule has 0 atom stereocenters. The van der Waals surface area contributed by atoms with E-state index in [0.29, 0.717) is 25.4 Å². The van der Waals surface area contributed by atoms with Crippen molar-refractivity contribution in [2.24, 2.45) is 4.99 Å². The van der Waals surface area contributed by atoms with Crippen LogP contribution in [0.2, 0.25) is 0 Å². The number of ether oxygens (including phenoxy) is 1. The molecule has 0 radical (unpaired) electrons. The molecule has 0 aliphatic rings. The van der Waals surface area contributed by atoms with Crippen LogP contribution in [0.1, 0.15) is 30.5 Å². The van der Waals surface area contributed by atoms with Crippen LogP contribution >= 0.6 is 24.0 Å². The number of aromatic hydroxyl groups is 1. The molecule has 3 rings (SSSR count). The third kappa shape index (κ3) is 7.46. The maximum Gasteiger partial charge on any atom is 0.191 e. The van der Waals surface area contributed by atoms with Crippen LogP contribution in [0.15, 0.2) is 65.9 Å². The maximum atomic E-state index is 9.86. The van der Waals surface area contributed by atoms with Gasteiger partial charge in [-0.05, 0) is 48.7 Å². The normalized spacial score (nSPS) is 11.0. The van der Waals surface area contributed by atoms with Crippen molar-refractivity contribution in [1.82, 2.24) is 20.4 Å². The number of nitrogens with zero attached hydrogens (tertiary/aromatic N) is 3. The van der Waals surface area contributed by atoms with Crippen LogP contribution in [0.25, 0.3) is 0 Å². The van der Waals surface area contributed by atoms with Gasteiger partial charge in [0.25, 0.3) is 0 Å². The molecule has 0 aliphatic heterocycles. The van der Waals surface area contributed by atoms with Crippen LogP contribution in [0.3, 0.4) is 0 Å². The quantitative estimate of drug-likeness (QED) is 0.220. The van der Waals surface area contributed by atoms with Crippen LogP contribution in [0, 0.1) is 0 Å². The van der Waals surface area contributed by atoms with Crippen molar-refractivity contribution in [3.8, 4) is 11.5 Å². The maximum absolute atomic E-state index is 9.86. The van der Waals surface area contributed by atoms with E-state index in [2.05, 4.69) is 32.9 Å². The Kier molecular flexibility index (Phi) is 10.2. The Morgan fingerprint density at radius 1 is 1.10 bits per heavy atom. The number of aliphatic imine (C=N–C) groups is 1. The lowest BCUT2D eigenvalue weighted by Gasteiger charge is -2.14. The van der Waals surface area contributed by atoms with Crippen LogP contribution < -0.4 is 15.4 Å². The minimum Gasteiger partial charge on any atom is -0.504 e. The molecule has 31 heavy (non-hydrogen) atoms. The number of rotatable bonds is 9. The second-order valence-electron chi connectivity index (χ2n) is 6.76. The smallest absolute Gasteiger partial charge is 0.191 e. The zero-order chi connectivity index (χ0) is 21.2. The van der Waals surface area contributed by atoms with Gasteiger partial charge in [0, 0.05) is 25.5 Å². The molecule has 7 nitrogen and oxygen atoms in total. The molecule has 0 saturated carbocycles. The highest BCUT2D eigenvalue weighted by Gasteiger charge is 2.06. The molecule has 166 valence electrons. The Hall–Kier alpha value is -2.75. The van der Waals surface area contributed by atoms with Gasteiger partial charge in [0.2, 0.25) is 0 Å². The Labute approximate surface area is 200 Å². The lowest BCUT2D eigenvalue weighted by atomic mass is 10.1. The summed E-state index contributed by atoms with van der Waals surface area (Å²) in [6.07, 6.45) is 3.75. The second kappa shape index (κ2) is 12.8. The van der Waals surface area contributed by atoms with E-state index >= 15 is 0 Å². The predicted octanol–water partition coefficient (Wildman–Crippen LogP) is 3.91. The van der Waals surface area contributed by atoms with Crippen molar-refractivity contribution in [3.05, 3.63) is 77.6 Å². The SMILES string of the molecule is CCNC(=NCc1ccc(O)c(OCC)c1)NCc1ccccc1Cn1cccn1.I. The molecule has 0 spiro atoms. The Morgan fingerprint density at radius 3 is 2.61 bits per heavy atom. The summed E-state index contributed by atoms with van der Waals surface area (Å²) >= 11 is 0. The van der Waals surface area contributed by atoms with Gasteiger partial charge in [0.15, 0.2) is 17.5 Å². The summed E-state index contributed by atoms with van der Waals surface area (Å²) < 4.78 is 7.37. The fourth-order valence-corrected chi connectivity index (χ4v) is 3.07. The Morgan fingerprint density at radius 2 is 1.90 bits per heavy atom. The molecule has 2 aromatic carbocycles. The molecular formula is C23H30IN5O2. The number of phenolic OH excluding ortho intramolecular Hbond substituents is 1. The van der Waals surface area contributed by atoms with E-state index in [4.69, 9.17) is 4.74 Å². The molecule has 3 aromatic rings. The van der Waals surface area contributed by atoms with Gasteiger partial charge in [-0.15, -0.1) is 24.0 Å². The highest BCUT2D eigenvalue weighted by molar-refractivity contribution is 14.0. The van der Waals surface area contributed by atoms with Crippen molar-refractivity contribution < 1.29 is 9.84 Å². The standard InChI is InChI=1S/C23H29N5O2.HI/c1-3-24-23(25-15-18-10-11-21(29)22(14-18)30-4-2)26-16-19-8-5-6-9-20(19)17-28-13-7-12-27-28;/h5-14,29H,3-4,15-17H2,1-2H3,(H2,24,25,26);1H. The fraction of sp³-hybridized carbons (Fsp3) is 0.304. The zero-order valence-corrected chi connectivity index (χ0v) is 20.2. The molecule has 0 amide bonds. The van der Waals surface area contributed by atoms with Gasteiger partial charge in [-0.2, -0.15) is 5.10 Å². The summed E-state index contributed by atoms with van der Waals surface area (Å²) in [5.74, 6) is 1.36. The summed E-state index contributed by atoms with van der Waals surface area (Å²) in [6, 6.07) is 15.6. The summed E-state index contributed by atoms with van der Waals surface area (Å²) in [7, 11) is 0. The van der Waals surface area contributed by atoms with Gasteiger partial charge >= 0.3 is 0 Å². The molecule has 8 heteroatoms. The average Bonchev–Trinajstić information content (AvgIpc) is 3.26. The molecule has 0 fully saturated rings. The van der Waals surface area contributed by atoms with E-state index in [1.54, 1.807) is 12.3 Å². The Bertz CT molecular complexity index is 960. The predicted molar refractivity (Wildman–Crippen MR) is 134 cm³/mol. The first-order valence-electron chi connectivity index (χ1n) is 10.2. The third-order valence-corrected chi connectivity index (χ3v) is 4.54. The largest absolute Gasteiger partial charge is 0.504 e. The fourth-order valence-electron chi connectivity index (χ4n) is 3.07. The highest BCUT2D eigenvalue weighted by Crippen LogP contribution is 2.27. The van der Waals surface area contributed by atoms with E-state index in [1.807, 2.05) is 55.1 Å². The number of phenols is 1. The van der Waals surface area contributed by atoms with Gasteiger partial charge in [-0.25, -0.2) is 4.99 Å². The number of guanidine groups is 1. The van der Waals surface area contributed by atoms with Gasteiger partial charge in [-0.3, -0.25) is 4.68 Å². The molecule has 0 bridgehead atoms. The van der Waals surface area contributed by atoms with E-state index in [-0.39, 0.29) is 29.7 Å². The molecular weight excluding hydrogens is 505 g/mol. The van der Waals surface area contributed by atoms with E-state index in [1.165, 1.54) is 11.1 Å². The lowest BCUT2D eigenvalue weighted by Crippen LogP contribution is -2.37. The Balaban J connectivity index is 0.00000341. The molecule has 0 unspecified atom stereocenters. The van der Waals surface area contributed by atoms with E-state index in [0.717, 1.165) is 24.6 Å². The van der Waals surface area contributed by atoms with Crippen LogP contribution in [0.4, 0.5) is 0 Å². The summed E-state index contributed by atoms with van der Waals surface area (Å²) in [5.41, 5.74) is 3.37. The van der Waals surface area contributed by atoms with E-state index < -0.39 is 0 Å². The molecule has 0 saturated heterocycles. The van der Waals surface area contributed by atoms with Crippen LogP contribution in [-0.4, -0.2) is 34.0 Å². The first-order chi connectivity index (χ1) is 14.7. The zero-order valence-electron chi connectivity index (χ0n) is 17.9. The van der Waals surface area contributed by atoms with Crippen LogP contribution in [0.5, 0.6) is 11.5 Å².